The van der Waals surface area contributed by atoms with Gasteiger partial charge in [0, 0.05) is 26.2 Å². The summed E-state index contributed by atoms with van der Waals surface area (Å²) in [5, 5.41) is 1.18. The molecule has 0 spiro atoms. The number of nitrogens with two attached hydrogens (primary N) is 1. The SMILES string of the molecule is NN1CCCN(CC(=O)N2CCCC2)C1=O. The Labute approximate surface area is 94.9 Å². The molecule has 0 unspecified atom stereocenters. The number of likely N-dealkylation sites (tertiary alicyclic amines) is 1. The zero-order chi connectivity index (χ0) is 11.5. The molecule has 0 radical (unpaired) electrons. The first-order valence-corrected chi connectivity index (χ1v) is 5.77. The van der Waals surface area contributed by atoms with Gasteiger partial charge in [-0.15, -0.1) is 0 Å². The quantitative estimate of drug-likeness (QED) is 0.515. The van der Waals surface area contributed by atoms with Crippen molar-refractivity contribution in [3.8, 4) is 0 Å². The minimum atomic E-state index is -0.237. The first kappa shape index (κ1) is 11.2. The Morgan fingerprint density at radius 1 is 1.12 bits per heavy atom. The molecule has 0 aromatic heterocycles. The Bertz CT molecular complexity index is 289. The van der Waals surface area contributed by atoms with Crippen LogP contribution < -0.4 is 5.84 Å². The van der Waals surface area contributed by atoms with Crippen LogP contribution in [0.3, 0.4) is 0 Å². The van der Waals surface area contributed by atoms with Crippen molar-refractivity contribution in [1.29, 1.82) is 0 Å². The van der Waals surface area contributed by atoms with E-state index < -0.39 is 0 Å². The molecular formula is C10H18N4O2. The van der Waals surface area contributed by atoms with Crippen molar-refractivity contribution in [2.75, 3.05) is 32.7 Å². The molecule has 2 aliphatic heterocycles. The highest BCUT2D eigenvalue weighted by Gasteiger charge is 2.27. The lowest BCUT2D eigenvalue weighted by atomic mass is 10.3. The molecule has 3 amide bonds. The van der Waals surface area contributed by atoms with Gasteiger partial charge in [-0.25, -0.2) is 10.6 Å². The molecule has 6 heteroatoms. The molecular weight excluding hydrogens is 208 g/mol. The third-order valence-electron chi connectivity index (χ3n) is 3.13. The smallest absolute Gasteiger partial charge is 0.334 e. The first-order valence-electron chi connectivity index (χ1n) is 5.77. The molecule has 0 aromatic rings. The van der Waals surface area contributed by atoms with E-state index in [1.165, 1.54) is 9.91 Å². The second kappa shape index (κ2) is 4.69. The van der Waals surface area contributed by atoms with E-state index in [4.69, 9.17) is 5.84 Å². The molecule has 2 heterocycles. The Hall–Kier alpha value is -1.30. The highest BCUT2D eigenvalue weighted by atomic mass is 16.2. The average molecular weight is 226 g/mol. The number of amides is 3. The predicted molar refractivity (Wildman–Crippen MR) is 58.3 cm³/mol. The maximum absolute atomic E-state index is 11.8. The zero-order valence-corrected chi connectivity index (χ0v) is 9.39. The van der Waals surface area contributed by atoms with Crippen LogP contribution in [-0.2, 0) is 4.79 Å². The summed E-state index contributed by atoms with van der Waals surface area (Å²) in [6.45, 7) is 3.03. The number of hydrazine groups is 1. The predicted octanol–water partition coefficient (Wildman–Crippen LogP) is -0.390. The van der Waals surface area contributed by atoms with Crippen molar-refractivity contribution < 1.29 is 9.59 Å². The molecule has 0 aromatic carbocycles. The van der Waals surface area contributed by atoms with E-state index in [2.05, 4.69) is 0 Å². The summed E-state index contributed by atoms with van der Waals surface area (Å²) in [5.41, 5.74) is 0. The molecule has 90 valence electrons. The third kappa shape index (κ3) is 2.27. The fourth-order valence-electron chi connectivity index (χ4n) is 2.18. The Morgan fingerprint density at radius 3 is 2.50 bits per heavy atom. The van der Waals surface area contributed by atoms with E-state index in [-0.39, 0.29) is 18.5 Å². The van der Waals surface area contributed by atoms with Gasteiger partial charge in [0.2, 0.25) is 5.91 Å². The van der Waals surface area contributed by atoms with Crippen molar-refractivity contribution in [1.82, 2.24) is 14.8 Å². The van der Waals surface area contributed by atoms with Crippen LogP contribution in [0.15, 0.2) is 0 Å². The normalized spacial score (nSPS) is 21.8. The minimum absolute atomic E-state index is 0.0427. The van der Waals surface area contributed by atoms with E-state index in [0.717, 1.165) is 32.4 Å². The summed E-state index contributed by atoms with van der Waals surface area (Å²) in [6, 6.07) is -0.237. The van der Waals surface area contributed by atoms with Crippen molar-refractivity contribution in [3.63, 3.8) is 0 Å². The monoisotopic (exact) mass is 226 g/mol. The molecule has 2 rings (SSSR count). The number of hydrogen-bond donors (Lipinski definition) is 1. The van der Waals surface area contributed by atoms with Crippen LogP contribution in [0.25, 0.3) is 0 Å². The van der Waals surface area contributed by atoms with Crippen molar-refractivity contribution in [2.45, 2.75) is 19.3 Å². The molecule has 6 nitrogen and oxygen atoms in total. The maximum atomic E-state index is 11.8. The van der Waals surface area contributed by atoms with Gasteiger partial charge in [-0.2, -0.15) is 0 Å². The molecule has 0 saturated carbocycles. The number of carbonyl (C=O) groups excluding carboxylic acids is 2. The lowest BCUT2D eigenvalue weighted by Crippen LogP contribution is -2.54. The average Bonchev–Trinajstić information content (AvgIpc) is 2.78. The summed E-state index contributed by atoms with van der Waals surface area (Å²) in [6.07, 6.45) is 2.97. The van der Waals surface area contributed by atoms with Gasteiger partial charge in [-0.05, 0) is 19.3 Å². The third-order valence-corrected chi connectivity index (χ3v) is 3.13. The van der Waals surface area contributed by atoms with E-state index in [1.807, 2.05) is 4.90 Å². The minimum Gasteiger partial charge on any atom is -0.341 e. The fourth-order valence-corrected chi connectivity index (χ4v) is 2.18. The molecule has 0 aliphatic carbocycles. The summed E-state index contributed by atoms with van der Waals surface area (Å²) in [5.74, 6) is 5.56. The van der Waals surface area contributed by atoms with Gasteiger partial charge in [-0.3, -0.25) is 9.80 Å². The number of urea groups is 1. The summed E-state index contributed by atoms with van der Waals surface area (Å²) >= 11 is 0. The van der Waals surface area contributed by atoms with Crippen molar-refractivity contribution in [2.24, 2.45) is 5.84 Å². The highest BCUT2D eigenvalue weighted by Crippen LogP contribution is 2.10. The van der Waals surface area contributed by atoms with Crippen LogP contribution >= 0.6 is 0 Å². The van der Waals surface area contributed by atoms with E-state index in [9.17, 15) is 9.59 Å². The summed E-state index contributed by atoms with van der Waals surface area (Å²) < 4.78 is 0. The van der Waals surface area contributed by atoms with Crippen LogP contribution in [0.4, 0.5) is 4.79 Å². The van der Waals surface area contributed by atoms with Gasteiger partial charge >= 0.3 is 6.03 Å². The van der Waals surface area contributed by atoms with E-state index >= 15 is 0 Å². The molecule has 0 atom stereocenters. The molecule has 2 aliphatic rings. The summed E-state index contributed by atoms with van der Waals surface area (Å²) in [7, 11) is 0. The molecule has 2 N–H and O–H groups in total. The Morgan fingerprint density at radius 2 is 1.81 bits per heavy atom. The zero-order valence-electron chi connectivity index (χ0n) is 9.39. The molecule has 16 heavy (non-hydrogen) atoms. The lowest BCUT2D eigenvalue weighted by molar-refractivity contribution is -0.131. The van der Waals surface area contributed by atoms with Crippen LogP contribution in [0, 0.1) is 0 Å². The van der Waals surface area contributed by atoms with Gasteiger partial charge in [0.1, 0.15) is 6.54 Å². The van der Waals surface area contributed by atoms with Crippen molar-refractivity contribution in [3.05, 3.63) is 0 Å². The second-order valence-corrected chi connectivity index (χ2v) is 4.34. The van der Waals surface area contributed by atoms with Gasteiger partial charge in [0.05, 0.1) is 0 Å². The standard InChI is InChI=1S/C10H18N4O2/c11-14-7-3-6-13(10(14)16)8-9(15)12-4-1-2-5-12/h1-8,11H2. The second-order valence-electron chi connectivity index (χ2n) is 4.34. The molecule has 2 saturated heterocycles. The highest BCUT2D eigenvalue weighted by molar-refractivity contribution is 5.84. The van der Waals surface area contributed by atoms with Crippen LogP contribution in [-0.4, -0.2) is 59.5 Å². The van der Waals surface area contributed by atoms with Crippen LogP contribution in [0.1, 0.15) is 19.3 Å². The van der Waals surface area contributed by atoms with Gasteiger partial charge in [0.15, 0.2) is 0 Å². The number of hydrogen-bond acceptors (Lipinski definition) is 3. The molecule has 2 fully saturated rings. The van der Waals surface area contributed by atoms with Gasteiger partial charge < -0.3 is 9.80 Å². The topological polar surface area (TPSA) is 69.9 Å². The van der Waals surface area contributed by atoms with E-state index in [1.54, 1.807) is 0 Å². The summed E-state index contributed by atoms with van der Waals surface area (Å²) in [4.78, 5) is 26.8. The number of rotatable bonds is 2. The maximum Gasteiger partial charge on any atom is 0.334 e. The lowest BCUT2D eigenvalue weighted by Gasteiger charge is -2.33. The fraction of sp³-hybridized carbons (Fsp3) is 0.800. The number of nitrogens with zero attached hydrogens (tertiary/aromatic N) is 3. The van der Waals surface area contributed by atoms with Gasteiger partial charge in [0.25, 0.3) is 0 Å². The van der Waals surface area contributed by atoms with E-state index in [0.29, 0.717) is 13.1 Å². The van der Waals surface area contributed by atoms with Gasteiger partial charge in [-0.1, -0.05) is 0 Å². The molecule has 0 bridgehead atoms. The number of carbonyl (C=O) groups is 2. The van der Waals surface area contributed by atoms with Crippen molar-refractivity contribution >= 4 is 11.9 Å². The van der Waals surface area contributed by atoms with Crippen LogP contribution in [0.2, 0.25) is 0 Å². The first-order chi connectivity index (χ1) is 7.68. The van der Waals surface area contributed by atoms with Crippen LogP contribution in [0.5, 0.6) is 0 Å². The Kier molecular flexibility index (Phi) is 3.28. The largest absolute Gasteiger partial charge is 0.341 e. The Balaban J connectivity index is 1.88.